The zero-order chi connectivity index (χ0) is 28.0. The van der Waals surface area contributed by atoms with Crippen molar-refractivity contribution in [3.05, 3.63) is 75.5 Å². The molecule has 1 aliphatic rings. The Morgan fingerprint density at radius 2 is 1.31 bits per heavy atom. The van der Waals surface area contributed by atoms with E-state index in [4.69, 9.17) is 0 Å². The summed E-state index contributed by atoms with van der Waals surface area (Å²) in [6.07, 6.45) is 17.2. The number of carbonyl (C=O) groups is 2. The van der Waals surface area contributed by atoms with E-state index in [-0.39, 0.29) is 16.9 Å². The number of amides is 1. The van der Waals surface area contributed by atoms with Crippen LogP contribution in [0.2, 0.25) is 0 Å². The van der Waals surface area contributed by atoms with E-state index in [0.717, 1.165) is 30.2 Å². The number of Topliss-reactive ketones (excluding diaryl/α,β-unsaturated/α-hetero) is 1. The molecule has 1 unspecified atom stereocenters. The topological polar surface area (TPSA) is 57.6 Å². The average Bonchev–Trinajstić information content (AvgIpc) is 3.18. The van der Waals surface area contributed by atoms with Crippen LogP contribution in [0.25, 0.3) is 5.76 Å². The van der Waals surface area contributed by atoms with E-state index >= 15 is 0 Å². The molecule has 0 aliphatic carbocycles. The van der Waals surface area contributed by atoms with Crippen LogP contribution < -0.4 is 0 Å². The highest BCUT2D eigenvalue weighted by Gasteiger charge is 2.46. The molecule has 0 radical (unpaired) electrons. The van der Waals surface area contributed by atoms with E-state index in [0.29, 0.717) is 12.1 Å². The van der Waals surface area contributed by atoms with Crippen LogP contribution in [0.3, 0.4) is 0 Å². The lowest BCUT2D eigenvalue weighted by Crippen LogP contribution is -2.31. The van der Waals surface area contributed by atoms with Gasteiger partial charge in [0.15, 0.2) is 0 Å². The number of unbranched alkanes of at least 4 members (excludes halogenated alkanes) is 13. The number of aliphatic hydroxyl groups excluding tert-OH is 1. The Labute approximate surface area is 241 Å². The number of benzene rings is 2. The molecule has 1 fully saturated rings. The molecule has 1 amide bonds. The van der Waals surface area contributed by atoms with Crippen molar-refractivity contribution in [2.45, 2.75) is 103 Å². The molecular formula is C33H43BrFNO3. The fourth-order valence-corrected chi connectivity index (χ4v) is 5.64. The number of halogens is 2. The number of rotatable bonds is 17. The molecule has 1 atom stereocenters. The molecule has 0 saturated carbocycles. The third-order valence-electron chi connectivity index (χ3n) is 7.61. The summed E-state index contributed by atoms with van der Waals surface area (Å²) >= 11 is 3.36. The van der Waals surface area contributed by atoms with E-state index in [1.165, 1.54) is 75.2 Å². The van der Waals surface area contributed by atoms with Crippen LogP contribution in [-0.2, 0) is 9.59 Å². The van der Waals surface area contributed by atoms with Crippen LogP contribution >= 0.6 is 15.9 Å². The molecule has 6 heteroatoms. The smallest absolute Gasteiger partial charge is 0.295 e. The lowest BCUT2D eigenvalue weighted by Gasteiger charge is -2.25. The van der Waals surface area contributed by atoms with E-state index in [1.807, 2.05) is 0 Å². The van der Waals surface area contributed by atoms with Gasteiger partial charge in [0.25, 0.3) is 11.7 Å². The maximum Gasteiger partial charge on any atom is 0.295 e. The van der Waals surface area contributed by atoms with Gasteiger partial charge >= 0.3 is 0 Å². The van der Waals surface area contributed by atoms with E-state index in [2.05, 4.69) is 22.9 Å². The molecule has 0 bridgehead atoms. The number of aliphatic hydroxyl groups is 1. The minimum Gasteiger partial charge on any atom is -0.507 e. The van der Waals surface area contributed by atoms with Gasteiger partial charge < -0.3 is 10.0 Å². The summed E-state index contributed by atoms with van der Waals surface area (Å²) < 4.78 is 15.7. The fraction of sp³-hybridized carbons (Fsp3) is 0.515. The summed E-state index contributed by atoms with van der Waals surface area (Å²) in [6.45, 7) is 2.60. The molecule has 1 heterocycles. The normalized spacial score (nSPS) is 16.8. The van der Waals surface area contributed by atoms with Crippen molar-refractivity contribution in [3.8, 4) is 0 Å². The second-order valence-electron chi connectivity index (χ2n) is 10.6. The van der Waals surface area contributed by atoms with Crippen LogP contribution in [0.4, 0.5) is 4.39 Å². The van der Waals surface area contributed by atoms with Crippen LogP contribution in [0, 0.1) is 5.82 Å². The minimum absolute atomic E-state index is 0.0576. The molecule has 1 N–H and O–H groups in total. The van der Waals surface area contributed by atoms with Gasteiger partial charge in [-0.1, -0.05) is 137 Å². The summed E-state index contributed by atoms with van der Waals surface area (Å²) in [4.78, 5) is 27.6. The molecular weight excluding hydrogens is 557 g/mol. The lowest BCUT2D eigenvalue weighted by molar-refractivity contribution is -0.140. The number of ketones is 1. The summed E-state index contributed by atoms with van der Waals surface area (Å²) in [7, 11) is 0. The van der Waals surface area contributed by atoms with Gasteiger partial charge in [-0.15, -0.1) is 0 Å². The predicted molar refractivity (Wildman–Crippen MR) is 160 cm³/mol. The maximum atomic E-state index is 14.9. The van der Waals surface area contributed by atoms with Crippen molar-refractivity contribution in [3.63, 3.8) is 0 Å². The van der Waals surface area contributed by atoms with Crippen LogP contribution in [0.5, 0.6) is 0 Å². The molecule has 2 aromatic rings. The quantitative estimate of drug-likeness (QED) is 0.0852. The molecule has 212 valence electrons. The fourth-order valence-electron chi connectivity index (χ4n) is 5.37. The Morgan fingerprint density at radius 3 is 1.85 bits per heavy atom. The van der Waals surface area contributed by atoms with Crippen molar-refractivity contribution >= 4 is 33.4 Å². The van der Waals surface area contributed by atoms with Gasteiger partial charge in [-0.25, -0.2) is 4.39 Å². The van der Waals surface area contributed by atoms with E-state index in [9.17, 15) is 19.1 Å². The van der Waals surface area contributed by atoms with Gasteiger partial charge in [0.1, 0.15) is 11.6 Å². The van der Waals surface area contributed by atoms with E-state index in [1.54, 1.807) is 42.5 Å². The highest BCUT2D eigenvalue weighted by Crippen LogP contribution is 2.40. The summed E-state index contributed by atoms with van der Waals surface area (Å²) in [5.41, 5.74) is 0.576. The first-order valence-corrected chi connectivity index (χ1v) is 15.5. The molecule has 3 rings (SSSR count). The first-order valence-electron chi connectivity index (χ1n) is 14.7. The van der Waals surface area contributed by atoms with E-state index < -0.39 is 23.5 Å². The zero-order valence-corrected chi connectivity index (χ0v) is 24.9. The van der Waals surface area contributed by atoms with Gasteiger partial charge in [-0.05, 0) is 24.6 Å². The highest BCUT2D eigenvalue weighted by molar-refractivity contribution is 9.10. The molecule has 1 aliphatic heterocycles. The minimum atomic E-state index is -0.947. The SMILES string of the molecule is CCCCCCCCCCCCCCCCN1C(=O)C(=O)/C(=C(\O)c2ccc(Br)cc2)C1c1ccccc1F. The van der Waals surface area contributed by atoms with Crippen LogP contribution in [-0.4, -0.2) is 28.2 Å². The number of carbonyl (C=O) groups excluding carboxylic acids is 2. The van der Waals surface area contributed by atoms with Gasteiger partial charge in [0.2, 0.25) is 0 Å². The average molecular weight is 601 g/mol. The third-order valence-corrected chi connectivity index (χ3v) is 8.14. The second kappa shape index (κ2) is 16.6. The number of likely N-dealkylation sites (tertiary alicyclic amines) is 1. The maximum absolute atomic E-state index is 14.9. The van der Waals surface area contributed by atoms with Gasteiger partial charge in [-0.2, -0.15) is 0 Å². The highest BCUT2D eigenvalue weighted by atomic mass is 79.9. The van der Waals surface area contributed by atoms with Gasteiger partial charge in [0.05, 0.1) is 11.6 Å². The summed E-state index contributed by atoms with van der Waals surface area (Å²) in [5.74, 6) is -2.24. The van der Waals surface area contributed by atoms with Crippen molar-refractivity contribution < 1.29 is 19.1 Å². The Bertz CT molecular complexity index is 1100. The van der Waals surface area contributed by atoms with Gasteiger partial charge in [0, 0.05) is 22.1 Å². The zero-order valence-electron chi connectivity index (χ0n) is 23.3. The first kappa shape index (κ1) is 31.1. The molecule has 2 aromatic carbocycles. The molecule has 0 aromatic heterocycles. The predicted octanol–water partition coefficient (Wildman–Crippen LogP) is 9.49. The summed E-state index contributed by atoms with van der Waals surface area (Å²) in [5, 5.41) is 11.1. The van der Waals surface area contributed by atoms with Crippen molar-refractivity contribution in [1.29, 1.82) is 0 Å². The summed E-state index contributed by atoms with van der Waals surface area (Å²) in [6, 6.07) is 12.0. The lowest BCUT2D eigenvalue weighted by atomic mass is 9.95. The number of nitrogens with zero attached hydrogens (tertiary/aromatic N) is 1. The van der Waals surface area contributed by atoms with Crippen molar-refractivity contribution in [2.75, 3.05) is 6.54 Å². The Hall–Kier alpha value is -2.47. The van der Waals surface area contributed by atoms with Crippen molar-refractivity contribution in [1.82, 2.24) is 4.90 Å². The van der Waals surface area contributed by atoms with Gasteiger partial charge in [-0.3, -0.25) is 9.59 Å². The third kappa shape index (κ3) is 9.02. The standard InChI is InChI=1S/C33H43BrFNO3/c1-2-3-4-5-6-7-8-9-10-11-12-13-14-17-24-36-30(27-18-15-16-19-28(27)35)29(32(38)33(36)39)31(37)25-20-22-26(34)23-21-25/h15-16,18-23,30,37H,2-14,17,24H2,1H3/b31-29-. The number of hydrogen-bond acceptors (Lipinski definition) is 3. The number of hydrogen-bond donors (Lipinski definition) is 1. The molecule has 39 heavy (non-hydrogen) atoms. The van der Waals surface area contributed by atoms with Crippen LogP contribution in [0.1, 0.15) is 114 Å². The molecule has 0 spiro atoms. The molecule has 1 saturated heterocycles. The Kier molecular flexibility index (Phi) is 13.2. The Balaban J connectivity index is 1.54. The first-order chi connectivity index (χ1) is 19.0. The Morgan fingerprint density at radius 1 is 0.795 bits per heavy atom. The monoisotopic (exact) mass is 599 g/mol. The second-order valence-corrected chi connectivity index (χ2v) is 11.5. The molecule has 4 nitrogen and oxygen atoms in total. The largest absolute Gasteiger partial charge is 0.507 e. The van der Waals surface area contributed by atoms with Crippen LogP contribution in [0.15, 0.2) is 58.6 Å². The van der Waals surface area contributed by atoms with Crippen molar-refractivity contribution in [2.24, 2.45) is 0 Å².